The highest BCUT2D eigenvalue weighted by atomic mass is 16.4. The summed E-state index contributed by atoms with van der Waals surface area (Å²) in [6.07, 6.45) is 3.20. The van der Waals surface area contributed by atoms with Crippen LogP contribution in [-0.4, -0.2) is 44.5 Å². The zero-order chi connectivity index (χ0) is 20.8. The quantitative estimate of drug-likeness (QED) is 0.602. The molecular formula is C19H32N4O4. The average Bonchev–Trinajstić information content (AvgIpc) is 2.86. The monoisotopic (exact) mass is 380 g/mol. The second-order valence-electron chi connectivity index (χ2n) is 8.07. The number of carbonyl (C=O) groups is 3. The number of hydrogen-bond acceptors (Lipinski definition) is 4. The molecule has 0 aromatic carbocycles. The summed E-state index contributed by atoms with van der Waals surface area (Å²) in [5, 5.41) is 14.7. The number of rotatable bonds is 9. The molecule has 0 bridgehead atoms. The van der Waals surface area contributed by atoms with Gasteiger partial charge in [-0.3, -0.25) is 9.59 Å². The second-order valence-corrected chi connectivity index (χ2v) is 8.07. The zero-order valence-corrected chi connectivity index (χ0v) is 17.1. The van der Waals surface area contributed by atoms with Gasteiger partial charge in [0.25, 0.3) is 0 Å². The lowest BCUT2D eigenvalue weighted by molar-refractivity contribution is -0.142. The Morgan fingerprint density at radius 3 is 2.30 bits per heavy atom. The fourth-order valence-electron chi connectivity index (χ4n) is 2.55. The topological polar surface area (TPSA) is 113 Å². The van der Waals surface area contributed by atoms with Gasteiger partial charge in [-0.25, -0.2) is 9.78 Å². The van der Waals surface area contributed by atoms with E-state index in [-0.39, 0.29) is 24.2 Å². The summed E-state index contributed by atoms with van der Waals surface area (Å²) in [4.78, 5) is 40.4. The van der Waals surface area contributed by atoms with E-state index < -0.39 is 24.0 Å². The molecule has 3 N–H and O–H groups in total. The van der Waals surface area contributed by atoms with Crippen LogP contribution in [0.15, 0.2) is 6.20 Å². The third-order valence-electron chi connectivity index (χ3n) is 4.34. The van der Waals surface area contributed by atoms with Crippen LogP contribution < -0.4 is 10.6 Å². The number of aromatic nitrogens is 2. The van der Waals surface area contributed by atoms with Gasteiger partial charge >= 0.3 is 5.97 Å². The third-order valence-corrected chi connectivity index (χ3v) is 4.34. The van der Waals surface area contributed by atoms with Crippen molar-refractivity contribution in [3.63, 3.8) is 0 Å². The standard InChI is InChI=1S/C19H32N4O4/c1-7-16(24)21-15(10-13-11-23(6)12(2)20-13)17(25)22-14(18(26)27)8-9-19(3,4)5/h11,14-15H,7-10H2,1-6H3,(H,21,24)(H,22,25)(H,26,27)/t14-,15-/m0/s1. The second kappa shape index (κ2) is 9.53. The molecule has 2 atom stereocenters. The van der Waals surface area contributed by atoms with Crippen molar-refractivity contribution in [1.82, 2.24) is 20.2 Å². The number of carboxylic acids is 1. The van der Waals surface area contributed by atoms with Crippen molar-refractivity contribution >= 4 is 17.8 Å². The Kier molecular flexibility index (Phi) is 7.99. The van der Waals surface area contributed by atoms with Crippen molar-refractivity contribution in [2.24, 2.45) is 12.5 Å². The highest BCUT2D eigenvalue weighted by Crippen LogP contribution is 2.21. The molecule has 1 aromatic heterocycles. The first-order chi connectivity index (χ1) is 12.4. The fourth-order valence-corrected chi connectivity index (χ4v) is 2.55. The molecule has 8 nitrogen and oxygen atoms in total. The van der Waals surface area contributed by atoms with E-state index in [1.54, 1.807) is 13.1 Å². The van der Waals surface area contributed by atoms with Gasteiger partial charge < -0.3 is 20.3 Å². The van der Waals surface area contributed by atoms with E-state index in [1.807, 2.05) is 39.3 Å². The summed E-state index contributed by atoms with van der Waals surface area (Å²) < 4.78 is 1.83. The molecule has 0 aliphatic carbocycles. The van der Waals surface area contributed by atoms with Gasteiger partial charge in [0.1, 0.15) is 17.9 Å². The molecule has 0 unspecified atom stereocenters. The van der Waals surface area contributed by atoms with E-state index in [0.717, 1.165) is 5.82 Å². The van der Waals surface area contributed by atoms with Gasteiger partial charge in [-0.2, -0.15) is 0 Å². The number of carbonyl (C=O) groups excluding carboxylic acids is 2. The van der Waals surface area contributed by atoms with Crippen molar-refractivity contribution in [1.29, 1.82) is 0 Å². The molecule has 0 fully saturated rings. The summed E-state index contributed by atoms with van der Waals surface area (Å²) >= 11 is 0. The molecule has 0 spiro atoms. The van der Waals surface area contributed by atoms with Crippen LogP contribution in [-0.2, 0) is 27.9 Å². The molecule has 152 valence electrons. The maximum absolute atomic E-state index is 12.7. The number of nitrogens with zero attached hydrogens (tertiary/aromatic N) is 2. The van der Waals surface area contributed by atoms with Gasteiger partial charge in [-0.15, -0.1) is 0 Å². The summed E-state index contributed by atoms with van der Waals surface area (Å²) in [5.41, 5.74) is 0.618. The predicted octanol–water partition coefficient (Wildman–Crippen LogP) is 1.56. The lowest BCUT2D eigenvalue weighted by Crippen LogP contribution is -2.52. The van der Waals surface area contributed by atoms with Gasteiger partial charge in [-0.05, 0) is 25.2 Å². The number of aliphatic carboxylic acids is 1. The van der Waals surface area contributed by atoms with Gasteiger partial charge in [0, 0.05) is 26.1 Å². The van der Waals surface area contributed by atoms with Gasteiger partial charge in [0.05, 0.1) is 5.69 Å². The molecule has 2 amide bonds. The number of hydrogen-bond donors (Lipinski definition) is 3. The molecular weight excluding hydrogens is 348 g/mol. The van der Waals surface area contributed by atoms with E-state index >= 15 is 0 Å². The first-order valence-corrected chi connectivity index (χ1v) is 9.24. The predicted molar refractivity (Wildman–Crippen MR) is 102 cm³/mol. The molecule has 0 saturated carbocycles. The minimum atomic E-state index is -1.08. The molecule has 0 radical (unpaired) electrons. The molecule has 0 aliphatic heterocycles. The Balaban J connectivity index is 2.89. The Labute approximate surface area is 160 Å². The SMILES string of the molecule is CCC(=O)N[C@@H](Cc1cn(C)c(C)n1)C(=O)N[C@@H](CCC(C)(C)C)C(=O)O. The smallest absolute Gasteiger partial charge is 0.326 e. The number of amides is 2. The normalized spacial score (nSPS) is 13.7. The van der Waals surface area contributed by atoms with Gasteiger partial charge in [0.15, 0.2) is 0 Å². The molecule has 1 heterocycles. The van der Waals surface area contributed by atoms with Crippen LogP contribution in [0.3, 0.4) is 0 Å². The minimum Gasteiger partial charge on any atom is -0.480 e. The van der Waals surface area contributed by atoms with Crippen molar-refractivity contribution in [3.05, 3.63) is 17.7 Å². The van der Waals surface area contributed by atoms with Crippen LogP contribution in [0, 0.1) is 12.3 Å². The summed E-state index contributed by atoms with van der Waals surface area (Å²) in [5.74, 6) is -1.08. The van der Waals surface area contributed by atoms with E-state index in [4.69, 9.17) is 0 Å². The molecule has 1 aromatic rings. The summed E-state index contributed by atoms with van der Waals surface area (Å²) in [7, 11) is 1.85. The Morgan fingerprint density at radius 2 is 1.85 bits per heavy atom. The van der Waals surface area contributed by atoms with Crippen LogP contribution in [0.25, 0.3) is 0 Å². The van der Waals surface area contributed by atoms with E-state index in [1.165, 1.54) is 0 Å². The van der Waals surface area contributed by atoms with E-state index in [0.29, 0.717) is 18.5 Å². The van der Waals surface area contributed by atoms with Crippen LogP contribution in [0.1, 0.15) is 58.5 Å². The van der Waals surface area contributed by atoms with Crippen molar-refractivity contribution in [3.8, 4) is 0 Å². The summed E-state index contributed by atoms with van der Waals surface area (Å²) in [6.45, 7) is 9.58. The van der Waals surface area contributed by atoms with Crippen molar-refractivity contribution in [2.45, 2.75) is 72.4 Å². The van der Waals surface area contributed by atoms with Crippen LogP contribution in [0.5, 0.6) is 0 Å². The number of carboxylic acid groups (broad SMARTS) is 1. The largest absolute Gasteiger partial charge is 0.480 e. The van der Waals surface area contributed by atoms with Gasteiger partial charge in [0.2, 0.25) is 11.8 Å². The number of aryl methyl sites for hydroxylation is 2. The van der Waals surface area contributed by atoms with Gasteiger partial charge in [-0.1, -0.05) is 27.7 Å². The highest BCUT2D eigenvalue weighted by molar-refractivity contribution is 5.90. The van der Waals surface area contributed by atoms with Crippen molar-refractivity contribution < 1.29 is 19.5 Å². The highest BCUT2D eigenvalue weighted by Gasteiger charge is 2.28. The Bertz CT molecular complexity index is 656. The van der Waals surface area contributed by atoms with E-state index in [9.17, 15) is 19.5 Å². The lowest BCUT2D eigenvalue weighted by Gasteiger charge is -2.24. The molecule has 0 saturated heterocycles. The maximum atomic E-state index is 12.7. The third kappa shape index (κ3) is 7.80. The van der Waals surface area contributed by atoms with Crippen LogP contribution in [0.2, 0.25) is 0 Å². The molecule has 1 rings (SSSR count). The first kappa shape index (κ1) is 22.7. The van der Waals surface area contributed by atoms with Crippen molar-refractivity contribution in [2.75, 3.05) is 0 Å². The maximum Gasteiger partial charge on any atom is 0.326 e. The minimum absolute atomic E-state index is 0.0419. The van der Waals surface area contributed by atoms with Crippen LogP contribution in [0.4, 0.5) is 0 Å². The molecule has 27 heavy (non-hydrogen) atoms. The average molecular weight is 380 g/mol. The summed E-state index contributed by atoms with van der Waals surface area (Å²) in [6, 6.07) is -1.87. The Morgan fingerprint density at radius 1 is 1.22 bits per heavy atom. The zero-order valence-electron chi connectivity index (χ0n) is 17.1. The first-order valence-electron chi connectivity index (χ1n) is 9.24. The Hall–Kier alpha value is -2.38. The fraction of sp³-hybridized carbons (Fsp3) is 0.684. The molecule has 8 heteroatoms. The number of imidazole rings is 1. The number of nitrogens with one attached hydrogen (secondary N) is 2. The van der Waals surface area contributed by atoms with E-state index in [2.05, 4.69) is 15.6 Å². The molecule has 0 aliphatic rings. The van der Waals surface area contributed by atoms with Crippen LogP contribution >= 0.6 is 0 Å². The lowest BCUT2D eigenvalue weighted by atomic mass is 9.88.